The first kappa shape index (κ1) is 21.2. The lowest BCUT2D eigenvalue weighted by Gasteiger charge is -2.36. The molecule has 31 heavy (non-hydrogen) atoms. The Kier molecular flexibility index (Phi) is 6.42. The number of nitrogens with zero attached hydrogens (tertiary/aromatic N) is 2. The maximum absolute atomic E-state index is 13.5. The van der Waals surface area contributed by atoms with E-state index in [1.165, 1.54) is 0 Å². The van der Waals surface area contributed by atoms with E-state index in [-0.39, 0.29) is 17.7 Å². The first-order chi connectivity index (χ1) is 15.0. The van der Waals surface area contributed by atoms with Crippen molar-refractivity contribution < 1.29 is 9.59 Å². The number of benzene rings is 2. The summed E-state index contributed by atoms with van der Waals surface area (Å²) >= 11 is 6.08. The highest BCUT2D eigenvalue weighted by molar-refractivity contribution is 6.30. The van der Waals surface area contributed by atoms with Crippen molar-refractivity contribution in [2.24, 2.45) is 0 Å². The molecule has 0 bridgehead atoms. The summed E-state index contributed by atoms with van der Waals surface area (Å²) in [6.45, 7) is 1.12. The summed E-state index contributed by atoms with van der Waals surface area (Å²) in [7, 11) is 1.62. The van der Waals surface area contributed by atoms with Crippen LogP contribution in [0.5, 0.6) is 0 Å². The summed E-state index contributed by atoms with van der Waals surface area (Å²) in [6, 6.07) is 19.1. The number of likely N-dealkylation sites (N-methyl/N-ethyl adjacent to an activating group) is 1. The van der Waals surface area contributed by atoms with Crippen LogP contribution in [0.25, 0.3) is 0 Å². The molecular formula is C25H26ClN3O2. The number of halogens is 1. The van der Waals surface area contributed by atoms with Crippen LogP contribution in [0.15, 0.2) is 73.1 Å². The van der Waals surface area contributed by atoms with Crippen molar-refractivity contribution in [2.75, 3.05) is 7.05 Å². The second-order valence-corrected chi connectivity index (χ2v) is 8.39. The predicted molar refractivity (Wildman–Crippen MR) is 122 cm³/mol. The number of hydrogen-bond donors (Lipinski definition) is 1. The van der Waals surface area contributed by atoms with E-state index in [2.05, 4.69) is 9.88 Å². The molecule has 0 radical (unpaired) electrons. The third-order valence-corrected chi connectivity index (χ3v) is 6.23. The molecule has 6 heteroatoms. The molecule has 1 aromatic heterocycles. The van der Waals surface area contributed by atoms with Gasteiger partial charge in [-0.15, -0.1) is 0 Å². The smallest absolute Gasteiger partial charge is 0.242 e. The van der Waals surface area contributed by atoms with Gasteiger partial charge in [0.1, 0.15) is 6.04 Å². The van der Waals surface area contributed by atoms with Crippen molar-refractivity contribution in [1.82, 2.24) is 14.8 Å². The average molecular weight is 436 g/mol. The molecule has 2 heterocycles. The van der Waals surface area contributed by atoms with Crippen LogP contribution in [0.2, 0.25) is 5.02 Å². The Labute approximate surface area is 187 Å². The largest absolute Gasteiger partial charge is 0.357 e. The standard InChI is InChI=1S/C25H26ClN3O2/c1-27-25(31)23-14-19-6-2-3-7-20(19)17-29(23)24(30)15-21(16-28-12-4-5-13-28)18-8-10-22(26)11-9-18/h2-13,21,23H,14-17H2,1H3,(H,27,31)/t21?,23-/m0/s1. The van der Waals surface area contributed by atoms with Gasteiger partial charge >= 0.3 is 0 Å². The van der Waals surface area contributed by atoms with E-state index in [1.807, 2.05) is 73.1 Å². The van der Waals surface area contributed by atoms with Gasteiger partial charge in [0.05, 0.1) is 0 Å². The minimum atomic E-state index is -0.496. The van der Waals surface area contributed by atoms with E-state index in [0.717, 1.165) is 16.7 Å². The Morgan fingerprint density at radius 3 is 2.39 bits per heavy atom. The molecule has 0 spiro atoms. The highest BCUT2D eigenvalue weighted by atomic mass is 35.5. The van der Waals surface area contributed by atoms with Crippen molar-refractivity contribution in [1.29, 1.82) is 0 Å². The molecule has 2 amide bonds. The van der Waals surface area contributed by atoms with Gasteiger partial charge in [0.2, 0.25) is 11.8 Å². The normalized spacial score (nSPS) is 16.5. The fourth-order valence-corrected chi connectivity index (χ4v) is 4.41. The molecule has 1 aliphatic rings. The van der Waals surface area contributed by atoms with E-state index in [9.17, 15) is 9.59 Å². The predicted octanol–water partition coefficient (Wildman–Crippen LogP) is 4.01. The summed E-state index contributed by atoms with van der Waals surface area (Å²) in [5, 5.41) is 3.39. The first-order valence-electron chi connectivity index (χ1n) is 10.5. The molecule has 0 saturated heterocycles. The summed E-state index contributed by atoms with van der Waals surface area (Å²) in [5.74, 6) is -0.175. The molecule has 5 nitrogen and oxygen atoms in total. The van der Waals surface area contributed by atoms with Crippen LogP contribution in [-0.4, -0.2) is 34.4 Å². The van der Waals surface area contributed by atoms with Gasteiger partial charge in [0.25, 0.3) is 0 Å². The van der Waals surface area contributed by atoms with Gasteiger partial charge in [-0.3, -0.25) is 9.59 Å². The Balaban J connectivity index is 1.60. The maximum Gasteiger partial charge on any atom is 0.242 e. The molecule has 4 rings (SSSR count). The topological polar surface area (TPSA) is 54.3 Å². The van der Waals surface area contributed by atoms with Crippen LogP contribution in [0.3, 0.4) is 0 Å². The third-order valence-electron chi connectivity index (χ3n) is 5.98. The number of fused-ring (bicyclic) bond motifs is 1. The van der Waals surface area contributed by atoms with Gasteiger partial charge in [0, 0.05) is 56.3 Å². The summed E-state index contributed by atoms with van der Waals surface area (Å²) in [5.41, 5.74) is 3.28. The minimum absolute atomic E-state index is 0.0183. The quantitative estimate of drug-likeness (QED) is 0.636. The molecule has 0 fully saturated rings. The highest BCUT2D eigenvalue weighted by Crippen LogP contribution is 2.29. The van der Waals surface area contributed by atoms with Crippen molar-refractivity contribution in [3.8, 4) is 0 Å². The van der Waals surface area contributed by atoms with Gasteiger partial charge in [-0.2, -0.15) is 0 Å². The lowest BCUT2D eigenvalue weighted by molar-refractivity contribution is -0.142. The van der Waals surface area contributed by atoms with Gasteiger partial charge < -0.3 is 14.8 Å². The number of nitrogens with one attached hydrogen (secondary N) is 1. The van der Waals surface area contributed by atoms with E-state index in [1.54, 1.807) is 11.9 Å². The minimum Gasteiger partial charge on any atom is -0.357 e. The molecule has 1 aliphatic heterocycles. The van der Waals surface area contributed by atoms with Gasteiger partial charge in [0.15, 0.2) is 0 Å². The number of carbonyl (C=O) groups is 2. The van der Waals surface area contributed by atoms with Crippen LogP contribution in [0, 0.1) is 0 Å². The van der Waals surface area contributed by atoms with Gasteiger partial charge in [-0.1, -0.05) is 48.0 Å². The second kappa shape index (κ2) is 9.40. The number of amides is 2. The summed E-state index contributed by atoms with van der Waals surface area (Å²) in [6.07, 6.45) is 4.84. The van der Waals surface area contributed by atoms with Gasteiger partial charge in [-0.05, 0) is 41.0 Å². The molecule has 1 N–H and O–H groups in total. The van der Waals surface area contributed by atoms with Crippen molar-refractivity contribution in [3.63, 3.8) is 0 Å². The molecule has 0 aliphatic carbocycles. The Bertz CT molecular complexity index is 1050. The number of hydrogen-bond acceptors (Lipinski definition) is 2. The molecule has 1 unspecified atom stereocenters. The molecule has 2 aromatic carbocycles. The zero-order chi connectivity index (χ0) is 21.8. The van der Waals surface area contributed by atoms with Crippen LogP contribution >= 0.6 is 11.6 Å². The SMILES string of the molecule is CNC(=O)[C@@H]1Cc2ccccc2CN1C(=O)CC(Cn1cccc1)c1ccc(Cl)cc1. The molecule has 2 atom stereocenters. The molecule has 0 saturated carbocycles. The number of aromatic nitrogens is 1. The fraction of sp³-hybridized carbons (Fsp3) is 0.280. The van der Waals surface area contributed by atoms with Crippen molar-refractivity contribution in [2.45, 2.75) is 37.9 Å². The summed E-state index contributed by atoms with van der Waals surface area (Å²) in [4.78, 5) is 27.9. The first-order valence-corrected chi connectivity index (χ1v) is 10.9. The molecular weight excluding hydrogens is 410 g/mol. The molecule has 3 aromatic rings. The second-order valence-electron chi connectivity index (χ2n) is 7.96. The van der Waals surface area contributed by atoms with Gasteiger partial charge in [-0.25, -0.2) is 0 Å². The fourth-order valence-electron chi connectivity index (χ4n) is 4.28. The van der Waals surface area contributed by atoms with Crippen LogP contribution in [0.4, 0.5) is 0 Å². The van der Waals surface area contributed by atoms with E-state index >= 15 is 0 Å². The van der Waals surface area contributed by atoms with E-state index in [0.29, 0.717) is 31.0 Å². The highest BCUT2D eigenvalue weighted by Gasteiger charge is 2.35. The lowest BCUT2D eigenvalue weighted by atomic mass is 9.90. The number of rotatable bonds is 6. The van der Waals surface area contributed by atoms with Crippen molar-refractivity contribution >= 4 is 23.4 Å². The Morgan fingerprint density at radius 2 is 1.71 bits per heavy atom. The monoisotopic (exact) mass is 435 g/mol. The van der Waals surface area contributed by atoms with Crippen LogP contribution in [0.1, 0.15) is 29.0 Å². The Hall–Kier alpha value is -3.05. The molecule has 160 valence electrons. The van der Waals surface area contributed by atoms with Crippen LogP contribution in [-0.2, 0) is 29.1 Å². The van der Waals surface area contributed by atoms with E-state index in [4.69, 9.17) is 11.6 Å². The van der Waals surface area contributed by atoms with E-state index < -0.39 is 6.04 Å². The van der Waals surface area contributed by atoms with Crippen LogP contribution < -0.4 is 5.32 Å². The number of carbonyl (C=O) groups excluding carboxylic acids is 2. The zero-order valence-corrected chi connectivity index (χ0v) is 18.3. The Morgan fingerprint density at radius 1 is 1.03 bits per heavy atom. The average Bonchev–Trinajstić information content (AvgIpc) is 3.31. The third kappa shape index (κ3) is 4.83. The zero-order valence-electron chi connectivity index (χ0n) is 17.5. The summed E-state index contributed by atoms with van der Waals surface area (Å²) < 4.78 is 2.08. The van der Waals surface area contributed by atoms with Crippen molar-refractivity contribution in [3.05, 3.63) is 94.8 Å². The lowest BCUT2D eigenvalue weighted by Crippen LogP contribution is -2.52. The maximum atomic E-state index is 13.5.